The topological polar surface area (TPSA) is 85.3 Å². The van der Waals surface area contributed by atoms with Crippen molar-refractivity contribution in [3.8, 4) is 11.5 Å². The minimum atomic E-state index is -1.37. The minimum Gasteiger partial charge on any atom is -0.493 e. The van der Waals surface area contributed by atoms with Gasteiger partial charge in [-0.25, -0.2) is 4.79 Å². The summed E-state index contributed by atoms with van der Waals surface area (Å²) in [5.41, 5.74) is 2.87. The number of methoxy groups -OCH3 is 2. The van der Waals surface area contributed by atoms with Gasteiger partial charge >= 0.3 is 11.9 Å². The van der Waals surface area contributed by atoms with Gasteiger partial charge < -0.3 is 19.3 Å². The number of carbonyl (C=O) groups excluding carboxylic acids is 1. The first-order valence-electron chi connectivity index (χ1n) is 11.3. The maximum absolute atomic E-state index is 12.4. The van der Waals surface area contributed by atoms with Gasteiger partial charge in [-0.15, -0.1) is 0 Å². The van der Waals surface area contributed by atoms with E-state index in [0.29, 0.717) is 31.0 Å². The maximum atomic E-state index is 12.4. The zero-order valence-electron chi connectivity index (χ0n) is 20.2. The van der Waals surface area contributed by atoms with E-state index >= 15 is 0 Å². The molecule has 3 rings (SSSR count). The Kier molecular flexibility index (Phi) is 9.26. The van der Waals surface area contributed by atoms with Gasteiger partial charge in [0.2, 0.25) is 6.10 Å². The van der Waals surface area contributed by atoms with Crippen LogP contribution in [0.3, 0.4) is 0 Å². The number of esters is 1. The molecule has 0 heterocycles. The molecular weight excluding hydrogens is 446 g/mol. The average Bonchev–Trinajstić information content (AvgIpc) is 2.86. The summed E-state index contributed by atoms with van der Waals surface area (Å²) in [5, 5.41) is 10.1. The normalized spacial score (nSPS) is 12.6. The van der Waals surface area contributed by atoms with Crippen molar-refractivity contribution in [1.29, 1.82) is 0 Å². The molecule has 7 nitrogen and oxygen atoms in total. The first-order valence-corrected chi connectivity index (χ1v) is 11.3. The van der Waals surface area contributed by atoms with E-state index in [2.05, 4.69) is 0 Å². The van der Waals surface area contributed by atoms with Gasteiger partial charge in [-0.2, -0.15) is 0 Å². The summed E-state index contributed by atoms with van der Waals surface area (Å²) in [7, 11) is 3.11. The predicted octanol–water partition coefficient (Wildman–Crippen LogP) is 4.33. The van der Waals surface area contributed by atoms with E-state index < -0.39 is 24.1 Å². The fraction of sp³-hybridized carbons (Fsp3) is 0.286. The van der Waals surface area contributed by atoms with Crippen molar-refractivity contribution in [1.82, 2.24) is 4.90 Å². The van der Waals surface area contributed by atoms with Crippen LogP contribution in [0.5, 0.6) is 11.5 Å². The number of carboxylic acid groups (broad SMARTS) is 1. The van der Waals surface area contributed by atoms with Crippen LogP contribution < -0.4 is 9.47 Å². The number of nitrogens with zero attached hydrogens (tertiary/aromatic N) is 1. The monoisotopic (exact) mass is 477 g/mol. The Morgan fingerprint density at radius 3 is 1.80 bits per heavy atom. The number of rotatable bonds is 12. The van der Waals surface area contributed by atoms with Gasteiger partial charge in [-0.3, -0.25) is 9.69 Å². The smallest absolute Gasteiger partial charge is 0.346 e. The Morgan fingerprint density at radius 2 is 1.34 bits per heavy atom. The van der Waals surface area contributed by atoms with Gasteiger partial charge in [0.1, 0.15) is 0 Å². The summed E-state index contributed by atoms with van der Waals surface area (Å²) in [4.78, 5) is 26.3. The SMILES string of the molecule is COc1ccc(CC(C(OC(C)=O)C(=O)O)N(Cc2ccccc2)Cc2ccccc2)cc1OC. The van der Waals surface area contributed by atoms with Crippen LogP contribution >= 0.6 is 0 Å². The molecule has 0 aliphatic carbocycles. The minimum absolute atomic E-state index is 0.310. The van der Waals surface area contributed by atoms with Crippen LogP contribution in [0.4, 0.5) is 0 Å². The first-order chi connectivity index (χ1) is 16.9. The molecule has 0 saturated heterocycles. The fourth-order valence-corrected chi connectivity index (χ4v) is 4.08. The molecule has 7 heteroatoms. The summed E-state index contributed by atoms with van der Waals surface area (Å²) >= 11 is 0. The Bertz CT molecular complexity index is 1060. The molecule has 0 radical (unpaired) electrons. The second-order valence-corrected chi connectivity index (χ2v) is 8.21. The molecule has 2 unspecified atom stereocenters. The first kappa shape index (κ1) is 25.8. The molecule has 0 saturated carbocycles. The Labute approximate surface area is 205 Å². The molecule has 1 N–H and O–H groups in total. The molecule has 35 heavy (non-hydrogen) atoms. The van der Waals surface area contributed by atoms with E-state index in [1.54, 1.807) is 20.3 Å². The number of carbonyl (C=O) groups is 2. The van der Waals surface area contributed by atoms with Crippen LogP contribution in [-0.4, -0.2) is 48.3 Å². The van der Waals surface area contributed by atoms with E-state index in [9.17, 15) is 14.7 Å². The molecule has 3 aromatic carbocycles. The van der Waals surface area contributed by atoms with E-state index in [-0.39, 0.29) is 0 Å². The quantitative estimate of drug-likeness (QED) is 0.389. The zero-order chi connectivity index (χ0) is 25.2. The molecule has 0 aromatic heterocycles. The highest BCUT2D eigenvalue weighted by Crippen LogP contribution is 2.29. The third-order valence-corrected chi connectivity index (χ3v) is 5.70. The van der Waals surface area contributed by atoms with E-state index in [1.807, 2.05) is 77.7 Å². The summed E-state index contributed by atoms with van der Waals surface area (Å²) in [6, 6.07) is 24.4. The van der Waals surface area contributed by atoms with Crippen LogP contribution in [-0.2, 0) is 33.8 Å². The lowest BCUT2D eigenvalue weighted by molar-refractivity contribution is -0.168. The van der Waals surface area contributed by atoms with Crippen molar-refractivity contribution < 1.29 is 28.9 Å². The number of benzene rings is 3. The van der Waals surface area contributed by atoms with Crippen LogP contribution in [0.15, 0.2) is 78.9 Å². The second kappa shape index (κ2) is 12.6. The largest absolute Gasteiger partial charge is 0.493 e. The van der Waals surface area contributed by atoms with Crippen LogP contribution in [0, 0.1) is 0 Å². The summed E-state index contributed by atoms with van der Waals surface area (Å²) in [6.07, 6.45) is -1.06. The summed E-state index contributed by atoms with van der Waals surface area (Å²) < 4.78 is 16.2. The Morgan fingerprint density at radius 1 is 0.800 bits per heavy atom. The van der Waals surface area contributed by atoms with Crippen molar-refractivity contribution in [2.45, 2.75) is 38.6 Å². The van der Waals surface area contributed by atoms with Gasteiger partial charge in [-0.1, -0.05) is 66.7 Å². The van der Waals surface area contributed by atoms with Crippen molar-refractivity contribution in [2.75, 3.05) is 14.2 Å². The van der Waals surface area contributed by atoms with Crippen molar-refractivity contribution in [3.05, 3.63) is 95.6 Å². The molecule has 2 atom stereocenters. The number of carboxylic acids is 1. The summed E-state index contributed by atoms with van der Waals surface area (Å²) in [6.45, 7) is 2.17. The van der Waals surface area contributed by atoms with Crippen molar-refractivity contribution >= 4 is 11.9 Å². The molecule has 3 aromatic rings. The number of ether oxygens (including phenoxy) is 3. The standard InChI is InChI=1S/C28H31NO6/c1-20(30)35-27(28(31)32)24(16-23-14-15-25(33-2)26(17-23)34-3)29(18-21-10-6-4-7-11-21)19-22-12-8-5-9-13-22/h4-15,17,24,27H,16,18-19H2,1-3H3,(H,31,32). The highest BCUT2D eigenvalue weighted by molar-refractivity contribution is 5.77. The van der Waals surface area contributed by atoms with Crippen LogP contribution in [0.25, 0.3) is 0 Å². The van der Waals surface area contributed by atoms with Crippen LogP contribution in [0.1, 0.15) is 23.6 Å². The van der Waals surface area contributed by atoms with E-state index in [0.717, 1.165) is 16.7 Å². The third-order valence-electron chi connectivity index (χ3n) is 5.70. The molecule has 0 amide bonds. The molecule has 184 valence electrons. The van der Waals surface area contributed by atoms with Gasteiger partial charge in [0.15, 0.2) is 11.5 Å². The third kappa shape index (κ3) is 7.32. The second-order valence-electron chi connectivity index (χ2n) is 8.21. The average molecular weight is 478 g/mol. The van der Waals surface area contributed by atoms with Crippen molar-refractivity contribution in [2.24, 2.45) is 0 Å². The molecule has 0 spiro atoms. The highest BCUT2D eigenvalue weighted by Gasteiger charge is 2.36. The van der Waals surface area contributed by atoms with Gasteiger partial charge in [0.05, 0.1) is 20.3 Å². The molecule has 0 aliphatic rings. The number of hydrogen-bond donors (Lipinski definition) is 1. The maximum Gasteiger partial charge on any atom is 0.346 e. The lowest BCUT2D eigenvalue weighted by atomic mass is 9.97. The van der Waals surface area contributed by atoms with Gasteiger partial charge in [0, 0.05) is 20.0 Å². The molecule has 0 bridgehead atoms. The molecule has 0 aliphatic heterocycles. The van der Waals surface area contributed by atoms with Gasteiger partial charge in [-0.05, 0) is 35.2 Å². The predicted molar refractivity (Wildman–Crippen MR) is 132 cm³/mol. The number of aliphatic carboxylic acids is 1. The number of hydrogen-bond acceptors (Lipinski definition) is 6. The lowest BCUT2D eigenvalue weighted by Gasteiger charge is -2.35. The van der Waals surface area contributed by atoms with Crippen LogP contribution in [0.2, 0.25) is 0 Å². The van der Waals surface area contributed by atoms with Crippen molar-refractivity contribution in [3.63, 3.8) is 0 Å². The zero-order valence-corrected chi connectivity index (χ0v) is 20.2. The Hall–Kier alpha value is -3.84. The van der Waals surface area contributed by atoms with E-state index in [1.165, 1.54) is 6.92 Å². The van der Waals surface area contributed by atoms with E-state index in [4.69, 9.17) is 14.2 Å². The Balaban J connectivity index is 2.05. The summed E-state index contributed by atoms with van der Waals surface area (Å²) in [5.74, 6) is -0.723. The molecular formula is C28H31NO6. The highest BCUT2D eigenvalue weighted by atomic mass is 16.6. The fourth-order valence-electron chi connectivity index (χ4n) is 4.08. The molecule has 0 fully saturated rings. The van der Waals surface area contributed by atoms with Gasteiger partial charge in [0.25, 0.3) is 0 Å². The lowest BCUT2D eigenvalue weighted by Crippen LogP contribution is -2.49.